The first kappa shape index (κ1) is 14.5. The lowest BCUT2D eigenvalue weighted by Gasteiger charge is -2.45. The lowest BCUT2D eigenvalue weighted by Crippen LogP contribution is -2.56. The third kappa shape index (κ3) is 2.83. The van der Waals surface area contributed by atoms with Gasteiger partial charge in [-0.3, -0.25) is 4.79 Å². The molecule has 1 saturated carbocycles. The van der Waals surface area contributed by atoms with Crippen molar-refractivity contribution in [3.8, 4) is 0 Å². The Balaban J connectivity index is 1.70. The lowest BCUT2D eigenvalue weighted by atomic mass is 9.68. The third-order valence-electron chi connectivity index (χ3n) is 4.85. The highest BCUT2D eigenvalue weighted by Crippen LogP contribution is 2.43. The molecule has 1 aromatic carbocycles. The number of rotatable bonds is 4. The Bertz CT molecular complexity index is 485. The van der Waals surface area contributed by atoms with Crippen LogP contribution in [-0.4, -0.2) is 44.2 Å². The second kappa shape index (κ2) is 6.16. The summed E-state index contributed by atoms with van der Waals surface area (Å²) in [5, 5.41) is 3.51. The van der Waals surface area contributed by atoms with E-state index in [1.54, 1.807) is 7.11 Å². The molecule has 0 radical (unpaired) electrons. The standard InChI is InChI=1S/C17H24N2O2/c1-21-13-17(8-5-9-17)16(20)19-11-10-18-15(12-19)14-6-3-2-4-7-14/h2-4,6-7,15,18H,5,8-13H2,1H3/t15-/m0/s1. The molecule has 0 unspecified atom stereocenters. The molecule has 2 aliphatic rings. The van der Waals surface area contributed by atoms with Crippen molar-refractivity contribution in [1.29, 1.82) is 0 Å². The van der Waals surface area contributed by atoms with E-state index in [1.807, 2.05) is 11.0 Å². The summed E-state index contributed by atoms with van der Waals surface area (Å²) in [5.41, 5.74) is 1.01. The van der Waals surface area contributed by atoms with E-state index in [9.17, 15) is 4.79 Å². The predicted molar refractivity (Wildman–Crippen MR) is 81.9 cm³/mol. The molecule has 0 spiro atoms. The largest absolute Gasteiger partial charge is 0.384 e. The van der Waals surface area contributed by atoms with Crippen molar-refractivity contribution in [2.75, 3.05) is 33.4 Å². The van der Waals surface area contributed by atoms with E-state index in [0.29, 0.717) is 6.61 Å². The Morgan fingerprint density at radius 3 is 2.76 bits per heavy atom. The van der Waals surface area contributed by atoms with Crippen molar-refractivity contribution in [2.24, 2.45) is 5.41 Å². The lowest BCUT2D eigenvalue weighted by molar-refractivity contribution is -0.153. The van der Waals surface area contributed by atoms with E-state index in [-0.39, 0.29) is 17.4 Å². The maximum atomic E-state index is 12.9. The third-order valence-corrected chi connectivity index (χ3v) is 4.85. The van der Waals surface area contributed by atoms with Crippen LogP contribution in [0.2, 0.25) is 0 Å². The maximum Gasteiger partial charge on any atom is 0.231 e. The SMILES string of the molecule is COCC1(C(=O)N2CCN[C@H](c3ccccc3)C2)CCC1. The molecule has 3 rings (SSSR count). The molecule has 0 bridgehead atoms. The summed E-state index contributed by atoms with van der Waals surface area (Å²) in [5.74, 6) is 0.290. The van der Waals surface area contributed by atoms with Crippen LogP contribution in [0.25, 0.3) is 0 Å². The highest BCUT2D eigenvalue weighted by molar-refractivity contribution is 5.84. The zero-order chi connectivity index (χ0) is 14.7. The van der Waals surface area contributed by atoms with Crippen LogP contribution in [0.1, 0.15) is 30.9 Å². The van der Waals surface area contributed by atoms with Crippen molar-refractivity contribution >= 4 is 5.91 Å². The molecule has 1 amide bonds. The maximum absolute atomic E-state index is 12.9. The number of carbonyl (C=O) groups is 1. The van der Waals surface area contributed by atoms with Crippen LogP contribution in [0.3, 0.4) is 0 Å². The van der Waals surface area contributed by atoms with Crippen LogP contribution in [0.15, 0.2) is 30.3 Å². The number of hydrogen-bond donors (Lipinski definition) is 1. The minimum Gasteiger partial charge on any atom is -0.384 e. The molecule has 1 heterocycles. The van der Waals surface area contributed by atoms with Gasteiger partial charge in [0.15, 0.2) is 0 Å². The van der Waals surface area contributed by atoms with Gasteiger partial charge in [0, 0.05) is 32.8 Å². The van der Waals surface area contributed by atoms with Gasteiger partial charge in [0.2, 0.25) is 5.91 Å². The highest BCUT2D eigenvalue weighted by atomic mass is 16.5. The number of benzene rings is 1. The molecule has 0 aromatic heterocycles. The van der Waals surface area contributed by atoms with E-state index in [2.05, 4.69) is 29.6 Å². The van der Waals surface area contributed by atoms with E-state index in [4.69, 9.17) is 4.74 Å². The van der Waals surface area contributed by atoms with Gasteiger partial charge in [-0.2, -0.15) is 0 Å². The van der Waals surface area contributed by atoms with Crippen LogP contribution >= 0.6 is 0 Å². The Hall–Kier alpha value is -1.39. The Morgan fingerprint density at radius 2 is 2.14 bits per heavy atom. The topological polar surface area (TPSA) is 41.6 Å². The molecule has 114 valence electrons. The number of nitrogens with zero attached hydrogens (tertiary/aromatic N) is 1. The van der Waals surface area contributed by atoms with Crippen LogP contribution in [0.4, 0.5) is 0 Å². The molecule has 1 atom stereocenters. The van der Waals surface area contributed by atoms with Crippen molar-refractivity contribution in [2.45, 2.75) is 25.3 Å². The Morgan fingerprint density at radius 1 is 1.38 bits per heavy atom. The van der Waals surface area contributed by atoms with Crippen molar-refractivity contribution in [3.05, 3.63) is 35.9 Å². The summed E-state index contributed by atoms with van der Waals surface area (Å²) in [6.45, 7) is 2.97. The normalized spacial score (nSPS) is 24.4. The Kier molecular flexibility index (Phi) is 4.27. The van der Waals surface area contributed by atoms with Gasteiger partial charge < -0.3 is 15.0 Å². The zero-order valence-corrected chi connectivity index (χ0v) is 12.7. The van der Waals surface area contributed by atoms with Crippen LogP contribution in [0, 0.1) is 5.41 Å². The van der Waals surface area contributed by atoms with E-state index in [1.165, 1.54) is 5.56 Å². The number of piperazine rings is 1. The van der Waals surface area contributed by atoms with E-state index >= 15 is 0 Å². The summed E-state index contributed by atoms with van der Waals surface area (Å²) in [6.07, 6.45) is 3.09. The number of amides is 1. The van der Waals surface area contributed by atoms with Gasteiger partial charge in [-0.25, -0.2) is 0 Å². The van der Waals surface area contributed by atoms with Gasteiger partial charge in [-0.1, -0.05) is 36.8 Å². The molecular formula is C17H24N2O2. The van der Waals surface area contributed by atoms with Gasteiger partial charge in [0.25, 0.3) is 0 Å². The monoisotopic (exact) mass is 288 g/mol. The summed E-state index contributed by atoms with van der Waals surface area (Å²) >= 11 is 0. The zero-order valence-electron chi connectivity index (χ0n) is 12.7. The first-order valence-electron chi connectivity index (χ1n) is 7.82. The van der Waals surface area contributed by atoms with Crippen molar-refractivity contribution in [1.82, 2.24) is 10.2 Å². The van der Waals surface area contributed by atoms with Gasteiger partial charge in [0.05, 0.1) is 12.0 Å². The van der Waals surface area contributed by atoms with Gasteiger partial charge in [0.1, 0.15) is 0 Å². The molecule has 1 aliphatic heterocycles. The van der Waals surface area contributed by atoms with Gasteiger partial charge in [-0.15, -0.1) is 0 Å². The number of nitrogens with one attached hydrogen (secondary N) is 1. The smallest absolute Gasteiger partial charge is 0.231 e. The van der Waals surface area contributed by atoms with Gasteiger partial charge in [-0.05, 0) is 18.4 Å². The minimum absolute atomic E-state index is 0.239. The van der Waals surface area contributed by atoms with Crippen LogP contribution in [0.5, 0.6) is 0 Å². The molecule has 1 N–H and O–H groups in total. The summed E-state index contributed by atoms with van der Waals surface area (Å²) in [7, 11) is 1.69. The molecule has 2 fully saturated rings. The van der Waals surface area contributed by atoms with Crippen LogP contribution in [-0.2, 0) is 9.53 Å². The van der Waals surface area contributed by atoms with Crippen molar-refractivity contribution < 1.29 is 9.53 Å². The summed E-state index contributed by atoms with van der Waals surface area (Å²) in [4.78, 5) is 14.9. The summed E-state index contributed by atoms with van der Waals surface area (Å²) in [6, 6.07) is 10.6. The van der Waals surface area contributed by atoms with Crippen LogP contribution < -0.4 is 5.32 Å². The number of hydrogen-bond acceptors (Lipinski definition) is 3. The molecule has 21 heavy (non-hydrogen) atoms. The second-order valence-corrected chi connectivity index (χ2v) is 6.24. The number of methoxy groups -OCH3 is 1. The molecule has 1 aromatic rings. The average Bonchev–Trinajstić information content (AvgIpc) is 2.51. The van der Waals surface area contributed by atoms with E-state index in [0.717, 1.165) is 38.9 Å². The highest BCUT2D eigenvalue weighted by Gasteiger charge is 2.47. The number of carbonyl (C=O) groups excluding carboxylic acids is 1. The second-order valence-electron chi connectivity index (χ2n) is 6.24. The first-order valence-corrected chi connectivity index (χ1v) is 7.82. The van der Waals surface area contributed by atoms with Gasteiger partial charge >= 0.3 is 0 Å². The molecule has 1 aliphatic carbocycles. The van der Waals surface area contributed by atoms with Crippen molar-refractivity contribution in [3.63, 3.8) is 0 Å². The molecular weight excluding hydrogens is 264 g/mol. The minimum atomic E-state index is -0.243. The molecule has 1 saturated heterocycles. The quantitative estimate of drug-likeness (QED) is 0.921. The number of ether oxygens (including phenoxy) is 1. The fraction of sp³-hybridized carbons (Fsp3) is 0.588. The summed E-state index contributed by atoms with van der Waals surface area (Å²) < 4.78 is 5.31. The average molecular weight is 288 g/mol. The predicted octanol–water partition coefficient (Wildman–Crippen LogP) is 1.98. The Labute approximate surface area is 126 Å². The fourth-order valence-electron chi connectivity index (χ4n) is 3.48. The fourth-order valence-corrected chi connectivity index (χ4v) is 3.48. The molecule has 4 nitrogen and oxygen atoms in total. The molecule has 4 heteroatoms. The first-order chi connectivity index (χ1) is 10.2. The van der Waals surface area contributed by atoms with E-state index < -0.39 is 0 Å².